The Bertz CT molecular complexity index is 450. The Morgan fingerprint density at radius 3 is 2.63 bits per heavy atom. The van der Waals surface area contributed by atoms with E-state index in [9.17, 15) is 0 Å². The highest BCUT2D eigenvalue weighted by molar-refractivity contribution is 5.17. The van der Waals surface area contributed by atoms with Crippen molar-refractivity contribution in [1.82, 2.24) is 0 Å². The van der Waals surface area contributed by atoms with Crippen LogP contribution >= 0.6 is 0 Å². The van der Waals surface area contributed by atoms with Crippen LogP contribution in [0.1, 0.15) is 11.9 Å². The topological polar surface area (TPSA) is 49.5 Å². The average Bonchev–Trinajstić information content (AvgIpc) is 3.27. The summed E-state index contributed by atoms with van der Waals surface area (Å²) in [6.45, 7) is 0.497. The van der Waals surface area contributed by atoms with E-state index in [0.717, 1.165) is 5.56 Å². The van der Waals surface area contributed by atoms with Crippen LogP contribution in [0.15, 0.2) is 30.3 Å². The molecule has 1 aromatic carbocycles. The molecule has 0 aliphatic carbocycles. The summed E-state index contributed by atoms with van der Waals surface area (Å²) in [5.74, 6) is 0. The maximum atomic E-state index is 6.00. The van der Waals surface area contributed by atoms with E-state index in [4.69, 9.17) is 23.7 Å². The van der Waals surface area contributed by atoms with Gasteiger partial charge in [0.15, 0.2) is 12.6 Å². The molecule has 0 amide bonds. The van der Waals surface area contributed by atoms with Crippen molar-refractivity contribution < 1.29 is 23.7 Å². The Labute approximate surface area is 111 Å². The minimum Gasteiger partial charge on any atom is -0.361 e. The molecular formula is C14H16O5. The molecule has 4 rings (SSSR count). The van der Waals surface area contributed by atoms with Gasteiger partial charge in [0.2, 0.25) is 0 Å². The molecule has 0 aromatic heterocycles. The molecule has 1 aromatic rings. The van der Waals surface area contributed by atoms with Gasteiger partial charge in [0, 0.05) is 12.7 Å². The van der Waals surface area contributed by atoms with Gasteiger partial charge in [0.05, 0.1) is 6.61 Å². The second kappa shape index (κ2) is 4.54. The van der Waals surface area contributed by atoms with E-state index in [0.29, 0.717) is 6.61 Å². The summed E-state index contributed by atoms with van der Waals surface area (Å²) in [5.41, 5.74) is 1.02. The number of hydrogen-bond donors (Lipinski definition) is 0. The molecule has 3 aliphatic rings. The molecular weight excluding hydrogens is 248 g/mol. The second-order valence-electron chi connectivity index (χ2n) is 5.02. The normalized spacial score (nSPS) is 44.3. The highest BCUT2D eigenvalue weighted by atomic mass is 16.8. The summed E-state index contributed by atoms with van der Waals surface area (Å²) in [5, 5.41) is 0. The van der Waals surface area contributed by atoms with E-state index in [1.807, 2.05) is 30.3 Å². The number of methoxy groups -OCH3 is 1. The van der Waals surface area contributed by atoms with Crippen molar-refractivity contribution in [3.8, 4) is 0 Å². The SMILES string of the molecule is CO[C@H]1O[C@@H]2CO[C@H](c3ccccc3)O[C@H]2[C@H]2O[C@@H]12. The lowest BCUT2D eigenvalue weighted by atomic mass is 10.0. The maximum Gasteiger partial charge on any atom is 0.186 e. The van der Waals surface area contributed by atoms with Crippen molar-refractivity contribution in [3.63, 3.8) is 0 Å². The first-order valence-electron chi connectivity index (χ1n) is 6.52. The molecule has 0 spiro atoms. The summed E-state index contributed by atoms with van der Waals surface area (Å²) >= 11 is 0. The lowest BCUT2D eigenvalue weighted by Gasteiger charge is -2.39. The highest BCUT2D eigenvalue weighted by Gasteiger charge is 2.60. The molecule has 102 valence electrons. The zero-order valence-electron chi connectivity index (χ0n) is 10.6. The molecule has 3 heterocycles. The smallest absolute Gasteiger partial charge is 0.186 e. The third-order valence-corrected chi connectivity index (χ3v) is 3.83. The number of benzene rings is 1. The molecule has 3 aliphatic heterocycles. The number of rotatable bonds is 2. The van der Waals surface area contributed by atoms with E-state index in [1.54, 1.807) is 7.11 Å². The van der Waals surface area contributed by atoms with E-state index in [1.165, 1.54) is 0 Å². The van der Waals surface area contributed by atoms with Gasteiger partial charge in [-0.1, -0.05) is 30.3 Å². The van der Waals surface area contributed by atoms with Gasteiger partial charge in [-0.15, -0.1) is 0 Å². The zero-order chi connectivity index (χ0) is 12.8. The Morgan fingerprint density at radius 2 is 1.84 bits per heavy atom. The molecule has 0 unspecified atom stereocenters. The van der Waals surface area contributed by atoms with Crippen molar-refractivity contribution in [3.05, 3.63) is 35.9 Å². The lowest BCUT2D eigenvalue weighted by Crippen LogP contribution is -2.52. The summed E-state index contributed by atoms with van der Waals surface area (Å²) in [7, 11) is 1.63. The van der Waals surface area contributed by atoms with Gasteiger partial charge in [-0.25, -0.2) is 0 Å². The third kappa shape index (κ3) is 1.98. The lowest BCUT2D eigenvalue weighted by molar-refractivity contribution is -0.304. The van der Waals surface area contributed by atoms with Crippen LogP contribution in [-0.4, -0.2) is 44.4 Å². The Kier molecular flexibility index (Phi) is 2.82. The van der Waals surface area contributed by atoms with Crippen LogP contribution in [0.5, 0.6) is 0 Å². The molecule has 5 heteroatoms. The fraction of sp³-hybridized carbons (Fsp3) is 0.571. The van der Waals surface area contributed by atoms with Gasteiger partial charge in [-0.05, 0) is 0 Å². The van der Waals surface area contributed by atoms with E-state index in [-0.39, 0.29) is 37.0 Å². The number of ether oxygens (including phenoxy) is 5. The third-order valence-electron chi connectivity index (χ3n) is 3.83. The quantitative estimate of drug-likeness (QED) is 0.752. The van der Waals surface area contributed by atoms with Gasteiger partial charge in [-0.3, -0.25) is 0 Å². The summed E-state index contributed by atoms with van der Waals surface area (Å²) in [6, 6.07) is 9.92. The predicted octanol–water partition coefficient (Wildman–Crippen LogP) is 1.24. The highest BCUT2D eigenvalue weighted by Crippen LogP contribution is 2.43. The average molecular weight is 264 g/mol. The molecule has 6 atom stereocenters. The van der Waals surface area contributed by atoms with Gasteiger partial charge in [0.1, 0.15) is 24.4 Å². The fourth-order valence-electron chi connectivity index (χ4n) is 2.80. The second-order valence-corrected chi connectivity index (χ2v) is 5.02. The largest absolute Gasteiger partial charge is 0.361 e. The van der Waals surface area contributed by atoms with Crippen LogP contribution in [0.4, 0.5) is 0 Å². The molecule has 0 N–H and O–H groups in total. The van der Waals surface area contributed by atoms with Gasteiger partial charge < -0.3 is 23.7 Å². The van der Waals surface area contributed by atoms with E-state index in [2.05, 4.69) is 0 Å². The van der Waals surface area contributed by atoms with Crippen LogP contribution in [0, 0.1) is 0 Å². The number of fused-ring (bicyclic) bond motifs is 3. The first-order valence-corrected chi connectivity index (χ1v) is 6.52. The molecule has 0 saturated carbocycles. The summed E-state index contributed by atoms with van der Waals surface area (Å²) in [4.78, 5) is 0. The molecule has 5 nitrogen and oxygen atoms in total. The minimum absolute atomic E-state index is 0.000716. The zero-order valence-corrected chi connectivity index (χ0v) is 10.6. The monoisotopic (exact) mass is 264 g/mol. The fourth-order valence-corrected chi connectivity index (χ4v) is 2.80. The van der Waals surface area contributed by atoms with Crippen molar-refractivity contribution in [2.45, 2.75) is 37.0 Å². The first kappa shape index (κ1) is 11.8. The first-order chi connectivity index (χ1) is 9.36. The standard InChI is InChI=1S/C14H16O5/c1-15-14-12-11(18-12)10-9(17-14)7-16-13(19-10)8-5-3-2-4-6-8/h2-6,9-14H,7H2,1H3/t9-,10-,11-,12-,13+,14+/m1/s1. The van der Waals surface area contributed by atoms with Crippen molar-refractivity contribution in [1.29, 1.82) is 0 Å². The van der Waals surface area contributed by atoms with Crippen LogP contribution in [0.25, 0.3) is 0 Å². The van der Waals surface area contributed by atoms with Crippen LogP contribution in [0.2, 0.25) is 0 Å². The van der Waals surface area contributed by atoms with E-state index < -0.39 is 0 Å². The Morgan fingerprint density at radius 1 is 1.00 bits per heavy atom. The molecule has 3 saturated heterocycles. The summed E-state index contributed by atoms with van der Waals surface area (Å²) in [6.07, 6.45) is -0.759. The number of epoxide rings is 1. The molecule has 0 radical (unpaired) electrons. The van der Waals surface area contributed by atoms with E-state index >= 15 is 0 Å². The Hall–Kier alpha value is -0.980. The Balaban J connectivity index is 1.50. The maximum absolute atomic E-state index is 6.00. The van der Waals surface area contributed by atoms with Gasteiger partial charge in [0.25, 0.3) is 0 Å². The molecule has 3 fully saturated rings. The van der Waals surface area contributed by atoms with Crippen LogP contribution in [-0.2, 0) is 23.7 Å². The predicted molar refractivity (Wildman–Crippen MR) is 64.3 cm³/mol. The van der Waals surface area contributed by atoms with Crippen molar-refractivity contribution >= 4 is 0 Å². The molecule has 19 heavy (non-hydrogen) atoms. The van der Waals surface area contributed by atoms with Crippen molar-refractivity contribution in [2.24, 2.45) is 0 Å². The van der Waals surface area contributed by atoms with Gasteiger partial charge in [-0.2, -0.15) is 0 Å². The summed E-state index contributed by atoms with van der Waals surface area (Å²) < 4.78 is 28.4. The minimum atomic E-state index is -0.338. The molecule has 0 bridgehead atoms. The van der Waals surface area contributed by atoms with Crippen LogP contribution in [0.3, 0.4) is 0 Å². The van der Waals surface area contributed by atoms with Crippen LogP contribution < -0.4 is 0 Å². The van der Waals surface area contributed by atoms with Gasteiger partial charge >= 0.3 is 0 Å². The van der Waals surface area contributed by atoms with Crippen molar-refractivity contribution in [2.75, 3.05) is 13.7 Å². The number of hydrogen-bond acceptors (Lipinski definition) is 5.